The lowest BCUT2D eigenvalue weighted by molar-refractivity contribution is 0.590. The molecule has 0 unspecified atom stereocenters. The van der Waals surface area contributed by atoms with Crippen molar-refractivity contribution in [1.29, 1.82) is 0 Å². The Kier molecular flexibility index (Phi) is 2.89. The van der Waals surface area contributed by atoms with Crippen LogP contribution in [0.2, 0.25) is 0 Å². The van der Waals surface area contributed by atoms with Gasteiger partial charge in [0.15, 0.2) is 0 Å². The summed E-state index contributed by atoms with van der Waals surface area (Å²) in [4.78, 5) is 0. The number of rotatable bonds is 1. The van der Waals surface area contributed by atoms with Gasteiger partial charge in [-0.2, -0.15) is 5.10 Å². The van der Waals surface area contributed by atoms with Crippen LogP contribution < -0.4 is 0 Å². The molecule has 0 bridgehead atoms. The number of H-pyrrole nitrogens is 1. The molecule has 0 saturated heterocycles. The first-order valence-electron chi connectivity index (χ1n) is 7.01. The van der Waals surface area contributed by atoms with Crippen molar-refractivity contribution < 1.29 is 0 Å². The third-order valence-electron chi connectivity index (χ3n) is 3.83. The third-order valence-corrected chi connectivity index (χ3v) is 3.83. The van der Waals surface area contributed by atoms with Crippen molar-refractivity contribution in [2.45, 2.75) is 33.1 Å². The number of nitrogens with zero attached hydrogens (tertiary/aromatic N) is 1. The van der Waals surface area contributed by atoms with Gasteiger partial charge in [-0.3, -0.25) is 5.10 Å². The maximum atomic E-state index is 4.34. The van der Waals surface area contributed by atoms with Crippen LogP contribution in [-0.2, 0) is 5.41 Å². The largest absolute Gasteiger partial charge is 0.282 e. The minimum Gasteiger partial charge on any atom is -0.282 e. The van der Waals surface area contributed by atoms with Crippen LogP contribution in [0.25, 0.3) is 22.0 Å². The lowest BCUT2D eigenvalue weighted by atomic mass is 9.86. The van der Waals surface area contributed by atoms with Gasteiger partial charge in [0.2, 0.25) is 0 Å². The molecule has 0 saturated carbocycles. The number of hydrogen-bond acceptors (Lipinski definition) is 1. The smallest absolute Gasteiger partial charge is 0.0929 e. The van der Waals surface area contributed by atoms with Crippen LogP contribution in [-0.4, -0.2) is 10.2 Å². The summed E-state index contributed by atoms with van der Waals surface area (Å²) < 4.78 is 0. The van der Waals surface area contributed by atoms with Crippen molar-refractivity contribution in [3.05, 3.63) is 53.7 Å². The Morgan fingerprint density at radius 1 is 0.900 bits per heavy atom. The van der Waals surface area contributed by atoms with Gasteiger partial charge in [0, 0.05) is 11.1 Å². The third kappa shape index (κ3) is 2.22. The molecule has 1 heterocycles. The summed E-state index contributed by atoms with van der Waals surface area (Å²) in [5.74, 6) is 0. The Morgan fingerprint density at radius 3 is 2.20 bits per heavy atom. The molecular weight excluding hydrogens is 244 g/mol. The van der Waals surface area contributed by atoms with Crippen molar-refractivity contribution in [2.24, 2.45) is 0 Å². The summed E-state index contributed by atoms with van der Waals surface area (Å²) in [6, 6.07) is 15.3. The Bertz CT molecular complexity index is 743. The highest BCUT2D eigenvalue weighted by Crippen LogP contribution is 2.28. The summed E-state index contributed by atoms with van der Waals surface area (Å²) in [5.41, 5.74) is 6.15. The first-order valence-corrected chi connectivity index (χ1v) is 7.01. The first kappa shape index (κ1) is 12.9. The number of hydrogen-bond donors (Lipinski definition) is 1. The lowest BCUT2D eigenvalue weighted by Gasteiger charge is -2.19. The minimum atomic E-state index is 0.196. The van der Waals surface area contributed by atoms with Crippen LogP contribution in [0.15, 0.2) is 42.5 Å². The molecule has 102 valence electrons. The van der Waals surface area contributed by atoms with Crippen LogP contribution in [0.5, 0.6) is 0 Å². The average molecular weight is 264 g/mol. The predicted octanol–water partition coefficient (Wildman–Crippen LogP) is 4.84. The molecule has 3 rings (SSSR count). The molecule has 0 spiro atoms. The number of aromatic amines is 1. The number of aromatic nitrogens is 2. The highest BCUT2D eigenvalue weighted by atomic mass is 15.1. The van der Waals surface area contributed by atoms with Crippen LogP contribution in [0.4, 0.5) is 0 Å². The molecule has 20 heavy (non-hydrogen) atoms. The number of benzene rings is 2. The molecular formula is C18H20N2. The van der Waals surface area contributed by atoms with E-state index >= 15 is 0 Å². The fourth-order valence-corrected chi connectivity index (χ4v) is 2.49. The van der Waals surface area contributed by atoms with Crippen LogP contribution >= 0.6 is 0 Å². The van der Waals surface area contributed by atoms with Crippen LogP contribution in [0, 0.1) is 6.92 Å². The second-order valence-corrected chi connectivity index (χ2v) is 6.41. The molecule has 0 amide bonds. The van der Waals surface area contributed by atoms with E-state index in [4.69, 9.17) is 0 Å². The van der Waals surface area contributed by atoms with E-state index in [-0.39, 0.29) is 5.41 Å². The van der Waals surface area contributed by atoms with Gasteiger partial charge in [0.1, 0.15) is 0 Å². The van der Waals surface area contributed by atoms with Crippen LogP contribution in [0.3, 0.4) is 0 Å². The van der Waals surface area contributed by atoms with Gasteiger partial charge < -0.3 is 0 Å². The normalized spacial score (nSPS) is 12.0. The molecule has 0 aliphatic heterocycles. The highest BCUT2D eigenvalue weighted by molar-refractivity contribution is 5.86. The molecule has 0 atom stereocenters. The molecule has 3 aromatic rings. The summed E-state index contributed by atoms with van der Waals surface area (Å²) in [5, 5.41) is 8.56. The summed E-state index contributed by atoms with van der Waals surface area (Å²) in [6.07, 6.45) is 0. The Hall–Kier alpha value is -2.09. The van der Waals surface area contributed by atoms with Crippen molar-refractivity contribution in [3.8, 4) is 11.1 Å². The van der Waals surface area contributed by atoms with E-state index < -0.39 is 0 Å². The number of nitrogens with one attached hydrogen (secondary N) is 1. The summed E-state index contributed by atoms with van der Waals surface area (Å²) in [6.45, 7) is 8.76. The Balaban J connectivity index is 2.02. The predicted molar refractivity (Wildman–Crippen MR) is 85.0 cm³/mol. The van der Waals surface area contributed by atoms with Crippen molar-refractivity contribution in [2.75, 3.05) is 0 Å². The van der Waals surface area contributed by atoms with E-state index in [0.29, 0.717) is 0 Å². The molecule has 0 aliphatic carbocycles. The SMILES string of the molecule is Cc1[nH]nc2cc(-c3ccc(C(C)(C)C)cc3)ccc12. The summed E-state index contributed by atoms with van der Waals surface area (Å²) in [7, 11) is 0. The van der Waals surface area contributed by atoms with Crippen molar-refractivity contribution in [1.82, 2.24) is 10.2 Å². The zero-order valence-electron chi connectivity index (χ0n) is 12.5. The maximum Gasteiger partial charge on any atom is 0.0929 e. The van der Waals surface area contributed by atoms with Gasteiger partial charge in [-0.1, -0.05) is 57.2 Å². The Labute approximate surface area is 119 Å². The minimum absolute atomic E-state index is 0.196. The van der Waals surface area contributed by atoms with E-state index in [1.54, 1.807) is 0 Å². The van der Waals surface area contributed by atoms with Gasteiger partial charge in [-0.05, 0) is 35.1 Å². The summed E-state index contributed by atoms with van der Waals surface area (Å²) >= 11 is 0. The first-order chi connectivity index (χ1) is 9.45. The Morgan fingerprint density at radius 2 is 1.55 bits per heavy atom. The quantitative estimate of drug-likeness (QED) is 0.669. The molecule has 0 fully saturated rings. The second-order valence-electron chi connectivity index (χ2n) is 6.41. The molecule has 2 aromatic carbocycles. The molecule has 2 heteroatoms. The van der Waals surface area contributed by atoms with Gasteiger partial charge in [-0.25, -0.2) is 0 Å². The molecule has 1 N–H and O–H groups in total. The van der Waals surface area contributed by atoms with Crippen LogP contribution in [0.1, 0.15) is 32.0 Å². The van der Waals surface area contributed by atoms with E-state index in [0.717, 1.165) is 11.2 Å². The van der Waals surface area contributed by atoms with Crippen molar-refractivity contribution in [3.63, 3.8) is 0 Å². The number of fused-ring (bicyclic) bond motifs is 1. The topological polar surface area (TPSA) is 28.7 Å². The van der Waals surface area contributed by atoms with E-state index in [2.05, 4.69) is 73.4 Å². The maximum absolute atomic E-state index is 4.34. The van der Waals surface area contributed by atoms with E-state index in [9.17, 15) is 0 Å². The second kappa shape index (κ2) is 4.48. The molecule has 0 aliphatic rings. The molecule has 1 aromatic heterocycles. The standard InChI is InChI=1S/C18H20N2/c1-12-16-10-7-14(11-17(16)20-19-12)13-5-8-15(9-6-13)18(2,3)4/h5-11H,1-4H3,(H,19,20). The van der Waals surface area contributed by atoms with Gasteiger partial charge in [0.05, 0.1) is 5.52 Å². The lowest BCUT2D eigenvalue weighted by Crippen LogP contribution is -2.10. The zero-order chi connectivity index (χ0) is 14.3. The average Bonchev–Trinajstić information content (AvgIpc) is 2.79. The monoisotopic (exact) mass is 264 g/mol. The fourth-order valence-electron chi connectivity index (χ4n) is 2.49. The van der Waals surface area contributed by atoms with E-state index in [1.165, 1.54) is 22.1 Å². The zero-order valence-corrected chi connectivity index (χ0v) is 12.5. The number of aryl methyl sites for hydroxylation is 1. The van der Waals surface area contributed by atoms with Gasteiger partial charge >= 0.3 is 0 Å². The van der Waals surface area contributed by atoms with E-state index in [1.807, 2.05) is 6.92 Å². The molecule has 0 radical (unpaired) electrons. The molecule has 2 nitrogen and oxygen atoms in total. The fraction of sp³-hybridized carbons (Fsp3) is 0.278. The van der Waals surface area contributed by atoms with Crippen molar-refractivity contribution >= 4 is 10.9 Å². The highest BCUT2D eigenvalue weighted by Gasteiger charge is 2.13. The van der Waals surface area contributed by atoms with Gasteiger partial charge in [0.25, 0.3) is 0 Å². The van der Waals surface area contributed by atoms with Gasteiger partial charge in [-0.15, -0.1) is 0 Å².